The minimum atomic E-state index is -0.146. The normalized spacial score (nSPS) is 18.0. The summed E-state index contributed by atoms with van der Waals surface area (Å²) in [5.41, 5.74) is 2.71. The summed E-state index contributed by atoms with van der Waals surface area (Å²) < 4.78 is 5.86. The van der Waals surface area contributed by atoms with Crippen molar-refractivity contribution in [3.05, 3.63) is 35.1 Å². The van der Waals surface area contributed by atoms with Crippen molar-refractivity contribution < 1.29 is 14.0 Å². The number of hydrogen-bond acceptors (Lipinski definition) is 3. The third-order valence-corrected chi connectivity index (χ3v) is 4.80. The van der Waals surface area contributed by atoms with Crippen LogP contribution in [-0.4, -0.2) is 35.8 Å². The van der Waals surface area contributed by atoms with Crippen LogP contribution < -0.4 is 5.32 Å². The molecule has 1 aliphatic rings. The van der Waals surface area contributed by atoms with Crippen molar-refractivity contribution in [3.63, 3.8) is 0 Å². The minimum Gasteiger partial charge on any atom is -0.451 e. The lowest BCUT2D eigenvalue weighted by atomic mass is 9.96. The molecule has 5 heteroatoms. The lowest BCUT2D eigenvalue weighted by molar-refractivity contribution is -0.126. The van der Waals surface area contributed by atoms with Gasteiger partial charge >= 0.3 is 0 Å². The highest BCUT2D eigenvalue weighted by Crippen LogP contribution is 2.28. The van der Waals surface area contributed by atoms with Crippen molar-refractivity contribution in [3.8, 4) is 0 Å². The van der Waals surface area contributed by atoms with Crippen molar-refractivity contribution in [2.45, 2.75) is 46.6 Å². The first-order chi connectivity index (χ1) is 11.9. The van der Waals surface area contributed by atoms with E-state index in [0.29, 0.717) is 18.8 Å². The standard InChI is InChI=1S/C20H26N2O3/c1-12(2)21-19(23)15-6-5-9-22(11-15)20(24)18-14(4)16-8-7-13(3)10-17(16)25-18/h7-8,10,12,15H,5-6,9,11H2,1-4H3,(H,21,23)/t15-/m0/s1. The predicted molar refractivity (Wildman–Crippen MR) is 97.6 cm³/mol. The van der Waals surface area contributed by atoms with E-state index in [1.165, 1.54) is 0 Å². The summed E-state index contributed by atoms with van der Waals surface area (Å²) in [5.74, 6) is 0.162. The zero-order valence-corrected chi connectivity index (χ0v) is 15.4. The second-order valence-electron chi connectivity index (χ2n) is 7.31. The molecule has 1 saturated heterocycles. The van der Waals surface area contributed by atoms with Crippen LogP contribution in [0.5, 0.6) is 0 Å². The van der Waals surface area contributed by atoms with Gasteiger partial charge in [0.1, 0.15) is 5.58 Å². The monoisotopic (exact) mass is 342 g/mol. The SMILES string of the molecule is Cc1ccc2c(C)c(C(=O)N3CCC[C@H](C(=O)NC(C)C)C3)oc2c1. The molecular formula is C20H26N2O3. The molecule has 0 bridgehead atoms. The molecule has 25 heavy (non-hydrogen) atoms. The van der Waals surface area contributed by atoms with Gasteiger partial charge in [0.25, 0.3) is 5.91 Å². The maximum absolute atomic E-state index is 13.0. The van der Waals surface area contributed by atoms with E-state index in [4.69, 9.17) is 4.42 Å². The molecule has 2 heterocycles. The number of piperidine rings is 1. The Morgan fingerprint density at radius 1 is 1.28 bits per heavy atom. The molecule has 0 spiro atoms. The first kappa shape index (κ1) is 17.5. The highest BCUT2D eigenvalue weighted by molar-refractivity contribution is 5.99. The fraction of sp³-hybridized carbons (Fsp3) is 0.500. The Balaban J connectivity index is 1.81. The molecule has 0 saturated carbocycles. The molecule has 3 rings (SSSR count). The van der Waals surface area contributed by atoms with Crippen LogP contribution in [0.4, 0.5) is 0 Å². The molecule has 1 fully saturated rings. The summed E-state index contributed by atoms with van der Waals surface area (Å²) in [4.78, 5) is 27.0. The third kappa shape index (κ3) is 3.55. The number of amides is 2. The summed E-state index contributed by atoms with van der Waals surface area (Å²) in [6.07, 6.45) is 1.65. The molecule has 1 aromatic heterocycles. The van der Waals surface area contributed by atoms with Crippen LogP contribution >= 0.6 is 0 Å². The van der Waals surface area contributed by atoms with E-state index in [1.807, 2.05) is 45.9 Å². The molecule has 1 atom stereocenters. The van der Waals surface area contributed by atoms with Gasteiger partial charge in [0, 0.05) is 30.1 Å². The minimum absolute atomic E-state index is 0.0319. The van der Waals surface area contributed by atoms with Crippen LogP contribution in [0.2, 0.25) is 0 Å². The second kappa shape index (κ2) is 6.90. The van der Waals surface area contributed by atoms with E-state index in [-0.39, 0.29) is 23.8 Å². The number of furan rings is 1. The molecule has 1 N–H and O–H groups in total. The molecule has 2 aromatic rings. The second-order valence-corrected chi connectivity index (χ2v) is 7.31. The van der Waals surface area contributed by atoms with Gasteiger partial charge in [-0.3, -0.25) is 9.59 Å². The van der Waals surface area contributed by atoms with Gasteiger partial charge in [-0.15, -0.1) is 0 Å². The quantitative estimate of drug-likeness (QED) is 0.929. The lowest BCUT2D eigenvalue weighted by Crippen LogP contribution is -2.46. The lowest BCUT2D eigenvalue weighted by Gasteiger charge is -2.32. The summed E-state index contributed by atoms with van der Waals surface area (Å²) in [7, 11) is 0. The number of nitrogens with one attached hydrogen (secondary N) is 1. The molecule has 1 aromatic carbocycles. The van der Waals surface area contributed by atoms with Crippen LogP contribution in [0.25, 0.3) is 11.0 Å². The third-order valence-electron chi connectivity index (χ3n) is 4.80. The average molecular weight is 342 g/mol. The van der Waals surface area contributed by atoms with Crippen molar-refractivity contribution in [1.29, 1.82) is 0 Å². The number of aryl methyl sites for hydroxylation is 2. The maximum Gasteiger partial charge on any atom is 0.289 e. The number of carbonyl (C=O) groups excluding carboxylic acids is 2. The van der Waals surface area contributed by atoms with Gasteiger partial charge in [0.05, 0.1) is 5.92 Å². The van der Waals surface area contributed by atoms with Gasteiger partial charge < -0.3 is 14.6 Å². The first-order valence-electron chi connectivity index (χ1n) is 8.96. The van der Waals surface area contributed by atoms with Gasteiger partial charge in [-0.05, 0) is 52.2 Å². The zero-order chi connectivity index (χ0) is 18.1. The Morgan fingerprint density at radius 3 is 2.76 bits per heavy atom. The highest BCUT2D eigenvalue weighted by atomic mass is 16.3. The Morgan fingerprint density at radius 2 is 2.04 bits per heavy atom. The Hall–Kier alpha value is -2.30. The molecule has 134 valence electrons. The molecule has 5 nitrogen and oxygen atoms in total. The largest absolute Gasteiger partial charge is 0.451 e. The molecule has 2 amide bonds. The van der Waals surface area contributed by atoms with Crippen LogP contribution in [0, 0.1) is 19.8 Å². The van der Waals surface area contributed by atoms with E-state index in [9.17, 15) is 9.59 Å². The molecule has 1 aliphatic heterocycles. The highest BCUT2D eigenvalue weighted by Gasteiger charge is 2.31. The predicted octanol–water partition coefficient (Wildman–Crippen LogP) is 3.43. The van der Waals surface area contributed by atoms with Crippen molar-refractivity contribution in [2.75, 3.05) is 13.1 Å². The van der Waals surface area contributed by atoms with E-state index < -0.39 is 0 Å². The van der Waals surface area contributed by atoms with Gasteiger partial charge in [0.2, 0.25) is 5.91 Å². The van der Waals surface area contributed by atoms with E-state index >= 15 is 0 Å². The van der Waals surface area contributed by atoms with Crippen LogP contribution in [0.3, 0.4) is 0 Å². The number of nitrogens with zero attached hydrogens (tertiary/aromatic N) is 1. The van der Waals surface area contributed by atoms with Crippen LogP contribution in [0.1, 0.15) is 48.4 Å². The van der Waals surface area contributed by atoms with Crippen LogP contribution in [-0.2, 0) is 4.79 Å². The Bertz CT molecular complexity index is 807. The van der Waals surface area contributed by atoms with Crippen LogP contribution in [0.15, 0.2) is 22.6 Å². The topological polar surface area (TPSA) is 62.6 Å². The molecular weight excluding hydrogens is 316 g/mol. The molecule has 0 unspecified atom stereocenters. The van der Waals surface area contributed by atoms with Crippen molar-refractivity contribution in [1.82, 2.24) is 10.2 Å². The summed E-state index contributed by atoms with van der Waals surface area (Å²) in [6, 6.07) is 6.08. The maximum atomic E-state index is 13.0. The van der Waals surface area contributed by atoms with Gasteiger partial charge in [-0.1, -0.05) is 12.1 Å². The van der Waals surface area contributed by atoms with E-state index in [2.05, 4.69) is 5.32 Å². The Kier molecular flexibility index (Phi) is 4.84. The van der Waals surface area contributed by atoms with E-state index in [0.717, 1.165) is 34.9 Å². The number of rotatable bonds is 3. The Labute approximate surface area is 148 Å². The van der Waals surface area contributed by atoms with Gasteiger partial charge in [-0.2, -0.15) is 0 Å². The van der Waals surface area contributed by atoms with Gasteiger partial charge in [-0.25, -0.2) is 0 Å². The van der Waals surface area contributed by atoms with Gasteiger partial charge in [0.15, 0.2) is 5.76 Å². The van der Waals surface area contributed by atoms with E-state index in [1.54, 1.807) is 4.90 Å². The fourth-order valence-electron chi connectivity index (χ4n) is 3.46. The summed E-state index contributed by atoms with van der Waals surface area (Å²) >= 11 is 0. The number of hydrogen-bond donors (Lipinski definition) is 1. The number of carbonyl (C=O) groups is 2. The fourth-order valence-corrected chi connectivity index (χ4v) is 3.46. The average Bonchev–Trinajstić information content (AvgIpc) is 2.89. The molecule has 0 radical (unpaired) electrons. The van der Waals surface area contributed by atoms with Crippen molar-refractivity contribution >= 4 is 22.8 Å². The number of fused-ring (bicyclic) bond motifs is 1. The van der Waals surface area contributed by atoms with Crippen molar-refractivity contribution in [2.24, 2.45) is 5.92 Å². The smallest absolute Gasteiger partial charge is 0.289 e. The molecule has 0 aliphatic carbocycles. The number of benzene rings is 1. The zero-order valence-electron chi connectivity index (χ0n) is 15.4. The summed E-state index contributed by atoms with van der Waals surface area (Å²) in [5, 5.41) is 3.92. The first-order valence-corrected chi connectivity index (χ1v) is 8.96. The number of likely N-dealkylation sites (tertiary alicyclic amines) is 1. The summed E-state index contributed by atoms with van der Waals surface area (Å²) in [6.45, 7) is 8.93.